The van der Waals surface area contributed by atoms with Crippen LogP contribution >= 0.6 is 23.2 Å². The van der Waals surface area contributed by atoms with Crippen LogP contribution in [-0.4, -0.2) is 11.1 Å². The third kappa shape index (κ3) is 2.60. The quantitative estimate of drug-likeness (QED) is 0.877. The predicted octanol–water partition coefficient (Wildman–Crippen LogP) is 4.36. The van der Waals surface area contributed by atoms with Gasteiger partial charge in [-0.3, -0.25) is 0 Å². The van der Waals surface area contributed by atoms with Crippen LogP contribution in [0, 0.1) is 0 Å². The second kappa shape index (κ2) is 4.78. The number of carboxylic acids is 1. The summed E-state index contributed by atoms with van der Waals surface area (Å²) in [4.78, 5) is 10.8. The van der Waals surface area contributed by atoms with E-state index in [2.05, 4.69) is 0 Å². The van der Waals surface area contributed by atoms with E-state index in [1.807, 2.05) is 12.1 Å². The molecule has 2 aromatic carbocycles. The molecule has 0 unspecified atom stereocenters. The van der Waals surface area contributed by atoms with Gasteiger partial charge in [0.05, 0.1) is 5.56 Å². The molecular formula is C13H8Cl2O2. The number of carbonyl (C=O) groups is 1. The first-order valence-corrected chi connectivity index (χ1v) is 5.62. The van der Waals surface area contributed by atoms with Crippen LogP contribution in [0.15, 0.2) is 42.5 Å². The average molecular weight is 267 g/mol. The molecule has 0 aromatic heterocycles. The molecule has 0 fully saturated rings. The Morgan fingerprint density at radius 2 is 1.65 bits per heavy atom. The van der Waals surface area contributed by atoms with E-state index in [4.69, 9.17) is 28.3 Å². The molecule has 17 heavy (non-hydrogen) atoms. The Morgan fingerprint density at radius 3 is 2.18 bits per heavy atom. The van der Waals surface area contributed by atoms with Gasteiger partial charge in [-0.25, -0.2) is 4.79 Å². The fraction of sp³-hybridized carbons (Fsp3) is 0. The highest BCUT2D eigenvalue weighted by atomic mass is 35.5. The summed E-state index contributed by atoms with van der Waals surface area (Å²) in [6, 6.07) is 11.9. The predicted molar refractivity (Wildman–Crippen MR) is 68.9 cm³/mol. The van der Waals surface area contributed by atoms with Gasteiger partial charge in [0, 0.05) is 15.6 Å². The summed E-state index contributed by atoms with van der Waals surface area (Å²) in [5, 5.41) is 9.89. The Bertz CT molecular complexity index is 562. The lowest BCUT2D eigenvalue weighted by molar-refractivity contribution is 0.0697. The van der Waals surface area contributed by atoms with Gasteiger partial charge in [-0.1, -0.05) is 41.4 Å². The van der Waals surface area contributed by atoms with Crippen LogP contribution in [0.5, 0.6) is 0 Å². The molecule has 0 heterocycles. The maximum atomic E-state index is 10.8. The first-order valence-electron chi connectivity index (χ1n) is 4.87. The van der Waals surface area contributed by atoms with Crippen molar-refractivity contribution in [3.8, 4) is 11.1 Å². The van der Waals surface area contributed by atoms with Crippen molar-refractivity contribution in [2.75, 3.05) is 0 Å². The van der Waals surface area contributed by atoms with Gasteiger partial charge in [0.25, 0.3) is 0 Å². The minimum atomic E-state index is -0.991. The Hall–Kier alpha value is -1.51. The second-order valence-electron chi connectivity index (χ2n) is 3.51. The van der Waals surface area contributed by atoms with Gasteiger partial charge >= 0.3 is 5.97 Å². The fourth-order valence-electron chi connectivity index (χ4n) is 1.51. The third-order valence-electron chi connectivity index (χ3n) is 2.37. The zero-order valence-electron chi connectivity index (χ0n) is 8.65. The molecule has 0 radical (unpaired) electrons. The normalized spacial score (nSPS) is 10.2. The number of hydrogen-bond acceptors (Lipinski definition) is 1. The molecule has 0 aliphatic heterocycles. The molecule has 0 aliphatic carbocycles. The van der Waals surface area contributed by atoms with E-state index in [0.717, 1.165) is 11.1 Å². The van der Waals surface area contributed by atoms with Crippen molar-refractivity contribution < 1.29 is 9.90 Å². The molecule has 2 aromatic rings. The molecule has 86 valence electrons. The van der Waals surface area contributed by atoms with Gasteiger partial charge in [-0.05, 0) is 29.8 Å². The Balaban J connectivity index is 2.46. The van der Waals surface area contributed by atoms with Crippen molar-refractivity contribution >= 4 is 29.2 Å². The van der Waals surface area contributed by atoms with Crippen LogP contribution in [0.1, 0.15) is 10.4 Å². The maximum Gasteiger partial charge on any atom is 0.335 e. The minimum Gasteiger partial charge on any atom is -0.478 e. The standard InChI is InChI=1S/C13H8Cl2O2/c14-10-4-1-8(2-5-10)11-6-3-9(13(16)17)7-12(11)15/h1-7H,(H,16,17). The highest BCUT2D eigenvalue weighted by molar-refractivity contribution is 6.33. The van der Waals surface area contributed by atoms with Crippen molar-refractivity contribution in [3.63, 3.8) is 0 Å². The summed E-state index contributed by atoms with van der Waals surface area (Å²) >= 11 is 11.8. The third-order valence-corrected chi connectivity index (χ3v) is 2.94. The summed E-state index contributed by atoms with van der Waals surface area (Å²) in [7, 11) is 0. The zero-order valence-corrected chi connectivity index (χ0v) is 10.2. The first kappa shape index (κ1) is 12.0. The van der Waals surface area contributed by atoms with Gasteiger partial charge in [-0.2, -0.15) is 0 Å². The number of halogens is 2. The minimum absolute atomic E-state index is 0.174. The van der Waals surface area contributed by atoms with Crippen molar-refractivity contribution in [1.82, 2.24) is 0 Å². The Morgan fingerprint density at radius 1 is 1.00 bits per heavy atom. The van der Waals surface area contributed by atoms with Crippen molar-refractivity contribution in [3.05, 3.63) is 58.1 Å². The highest BCUT2D eigenvalue weighted by Crippen LogP contribution is 2.29. The summed E-state index contributed by atoms with van der Waals surface area (Å²) < 4.78 is 0. The molecule has 4 heteroatoms. The lowest BCUT2D eigenvalue weighted by Gasteiger charge is -2.05. The first-order chi connectivity index (χ1) is 8.08. The molecule has 2 nitrogen and oxygen atoms in total. The number of benzene rings is 2. The van der Waals surface area contributed by atoms with Crippen LogP contribution in [0.25, 0.3) is 11.1 Å². The monoisotopic (exact) mass is 266 g/mol. The highest BCUT2D eigenvalue weighted by Gasteiger charge is 2.08. The van der Waals surface area contributed by atoms with Gasteiger partial charge in [-0.15, -0.1) is 0 Å². The molecule has 2 rings (SSSR count). The molecule has 0 amide bonds. The zero-order chi connectivity index (χ0) is 12.4. The van der Waals surface area contributed by atoms with E-state index >= 15 is 0 Å². The van der Waals surface area contributed by atoms with Gasteiger partial charge in [0.1, 0.15) is 0 Å². The molecule has 0 bridgehead atoms. The smallest absolute Gasteiger partial charge is 0.335 e. The van der Waals surface area contributed by atoms with Gasteiger partial charge in [0.2, 0.25) is 0 Å². The van der Waals surface area contributed by atoms with Crippen LogP contribution in [0.4, 0.5) is 0 Å². The second-order valence-corrected chi connectivity index (χ2v) is 4.35. The van der Waals surface area contributed by atoms with Crippen LogP contribution in [0.2, 0.25) is 10.0 Å². The number of aromatic carboxylic acids is 1. The summed E-state index contributed by atoms with van der Waals surface area (Å²) in [5.41, 5.74) is 1.86. The average Bonchev–Trinajstić information content (AvgIpc) is 2.30. The van der Waals surface area contributed by atoms with Crippen molar-refractivity contribution in [2.24, 2.45) is 0 Å². The number of carboxylic acid groups (broad SMARTS) is 1. The van der Waals surface area contributed by atoms with Crippen LogP contribution in [0.3, 0.4) is 0 Å². The molecule has 0 saturated carbocycles. The van der Waals surface area contributed by atoms with Crippen molar-refractivity contribution in [1.29, 1.82) is 0 Å². The van der Waals surface area contributed by atoms with E-state index in [1.165, 1.54) is 12.1 Å². The van der Waals surface area contributed by atoms with E-state index in [1.54, 1.807) is 18.2 Å². The van der Waals surface area contributed by atoms with E-state index in [-0.39, 0.29) is 5.56 Å². The largest absolute Gasteiger partial charge is 0.478 e. The van der Waals surface area contributed by atoms with E-state index in [0.29, 0.717) is 10.0 Å². The molecule has 0 aliphatic rings. The summed E-state index contributed by atoms with van der Waals surface area (Å²) in [5.74, 6) is -0.991. The fourth-order valence-corrected chi connectivity index (χ4v) is 1.93. The van der Waals surface area contributed by atoms with Crippen molar-refractivity contribution in [2.45, 2.75) is 0 Å². The molecule has 0 atom stereocenters. The van der Waals surface area contributed by atoms with E-state index < -0.39 is 5.97 Å². The van der Waals surface area contributed by atoms with Crippen LogP contribution < -0.4 is 0 Å². The molecule has 0 saturated heterocycles. The topological polar surface area (TPSA) is 37.3 Å². The summed E-state index contributed by atoms with van der Waals surface area (Å²) in [6.07, 6.45) is 0. The molecular weight excluding hydrogens is 259 g/mol. The Labute approximate surface area is 108 Å². The maximum absolute atomic E-state index is 10.8. The van der Waals surface area contributed by atoms with Crippen LogP contribution in [-0.2, 0) is 0 Å². The number of rotatable bonds is 2. The Kier molecular flexibility index (Phi) is 3.36. The van der Waals surface area contributed by atoms with E-state index in [9.17, 15) is 4.79 Å². The number of hydrogen-bond donors (Lipinski definition) is 1. The lowest BCUT2D eigenvalue weighted by Crippen LogP contribution is -1.95. The molecule has 1 N–H and O–H groups in total. The summed E-state index contributed by atoms with van der Waals surface area (Å²) in [6.45, 7) is 0. The molecule has 0 spiro atoms. The van der Waals surface area contributed by atoms with Gasteiger partial charge in [0.15, 0.2) is 0 Å². The SMILES string of the molecule is O=C(O)c1ccc(-c2ccc(Cl)cc2)c(Cl)c1. The lowest BCUT2D eigenvalue weighted by atomic mass is 10.0. The van der Waals surface area contributed by atoms with Gasteiger partial charge < -0.3 is 5.11 Å².